The third-order valence-corrected chi connectivity index (χ3v) is 5.80. The van der Waals surface area contributed by atoms with Crippen LogP contribution in [0.4, 0.5) is 5.82 Å². The van der Waals surface area contributed by atoms with Crippen LogP contribution >= 0.6 is 35.0 Å². The summed E-state index contributed by atoms with van der Waals surface area (Å²) in [4.78, 5) is 16.2. The maximum Gasteiger partial charge on any atom is 0.236 e. The van der Waals surface area contributed by atoms with E-state index < -0.39 is 0 Å². The highest BCUT2D eigenvalue weighted by Crippen LogP contribution is 2.22. The maximum absolute atomic E-state index is 12.2. The van der Waals surface area contributed by atoms with E-state index in [1.807, 2.05) is 36.6 Å². The van der Waals surface area contributed by atoms with Crippen LogP contribution in [0.2, 0.25) is 10.0 Å². The van der Waals surface area contributed by atoms with E-state index in [1.54, 1.807) is 12.1 Å². The summed E-state index contributed by atoms with van der Waals surface area (Å²) >= 11 is 13.1. The van der Waals surface area contributed by atoms with Crippen molar-refractivity contribution in [3.8, 4) is 5.75 Å². The average Bonchev–Trinajstić information content (AvgIpc) is 3.14. The number of nitrogens with zero attached hydrogens (tertiary/aromatic N) is 4. The van der Waals surface area contributed by atoms with Gasteiger partial charge in [-0.05, 0) is 56.2 Å². The standard InChI is InChI=1S/C21H23Cl2N5O2S/c1-3-28-19(5-4-10-30-17-8-6-15(22)11-14(17)2)26-27-21(28)31-13-20(29)25-18-9-7-16(23)12-24-18/h6-9,11-12H,3-5,10,13H2,1-2H3,(H,24,25,29). The van der Waals surface area contributed by atoms with Crippen LogP contribution in [0.5, 0.6) is 5.75 Å². The van der Waals surface area contributed by atoms with E-state index in [9.17, 15) is 4.79 Å². The Bertz CT molecular complexity index is 1030. The summed E-state index contributed by atoms with van der Waals surface area (Å²) in [5.41, 5.74) is 1.01. The first-order chi connectivity index (χ1) is 15.0. The lowest BCUT2D eigenvalue weighted by molar-refractivity contribution is -0.113. The molecule has 2 aromatic heterocycles. The highest BCUT2D eigenvalue weighted by atomic mass is 35.5. The largest absolute Gasteiger partial charge is 0.493 e. The molecule has 0 fully saturated rings. The number of thioether (sulfide) groups is 1. The Hall–Kier alpha value is -2.29. The molecule has 0 bridgehead atoms. The first-order valence-corrected chi connectivity index (χ1v) is 11.6. The van der Waals surface area contributed by atoms with Crippen molar-refractivity contribution in [2.75, 3.05) is 17.7 Å². The molecule has 1 amide bonds. The fourth-order valence-corrected chi connectivity index (χ4v) is 4.03. The van der Waals surface area contributed by atoms with Gasteiger partial charge in [0, 0.05) is 24.2 Å². The van der Waals surface area contributed by atoms with Crippen LogP contribution in [-0.2, 0) is 17.8 Å². The summed E-state index contributed by atoms with van der Waals surface area (Å²) < 4.78 is 7.87. The van der Waals surface area contributed by atoms with Gasteiger partial charge in [-0.15, -0.1) is 10.2 Å². The van der Waals surface area contributed by atoms with Crippen molar-refractivity contribution in [1.82, 2.24) is 19.7 Å². The van der Waals surface area contributed by atoms with Gasteiger partial charge in [-0.25, -0.2) is 4.98 Å². The van der Waals surface area contributed by atoms with E-state index in [2.05, 4.69) is 20.5 Å². The molecule has 0 spiro atoms. The molecule has 0 aliphatic heterocycles. The summed E-state index contributed by atoms with van der Waals surface area (Å²) in [6, 6.07) is 8.92. The SMILES string of the molecule is CCn1c(CCCOc2ccc(Cl)cc2C)nnc1SCC(=O)Nc1ccc(Cl)cn1. The van der Waals surface area contributed by atoms with Gasteiger partial charge < -0.3 is 14.6 Å². The molecule has 0 saturated heterocycles. The third kappa shape index (κ3) is 6.85. The minimum Gasteiger partial charge on any atom is -0.493 e. The van der Waals surface area contributed by atoms with Crippen LogP contribution in [0, 0.1) is 6.92 Å². The smallest absolute Gasteiger partial charge is 0.236 e. The van der Waals surface area contributed by atoms with Crippen LogP contribution in [0.25, 0.3) is 0 Å². The Morgan fingerprint density at radius 2 is 2.00 bits per heavy atom. The zero-order valence-corrected chi connectivity index (χ0v) is 19.6. The van der Waals surface area contributed by atoms with Gasteiger partial charge in [-0.3, -0.25) is 4.79 Å². The normalized spacial score (nSPS) is 10.8. The lowest BCUT2D eigenvalue weighted by atomic mass is 10.2. The molecule has 7 nitrogen and oxygen atoms in total. The number of aromatic nitrogens is 4. The van der Waals surface area contributed by atoms with Gasteiger partial charge in [-0.2, -0.15) is 0 Å². The second-order valence-electron chi connectivity index (χ2n) is 6.70. The second-order valence-corrected chi connectivity index (χ2v) is 8.52. The molecule has 0 radical (unpaired) electrons. The Morgan fingerprint density at radius 3 is 2.71 bits per heavy atom. The maximum atomic E-state index is 12.2. The summed E-state index contributed by atoms with van der Waals surface area (Å²) in [6.45, 7) is 5.29. The predicted octanol–water partition coefficient (Wildman–Crippen LogP) is 5.05. The molecule has 31 heavy (non-hydrogen) atoms. The predicted molar refractivity (Wildman–Crippen MR) is 124 cm³/mol. The van der Waals surface area contributed by atoms with Crippen LogP contribution in [0.3, 0.4) is 0 Å². The molecular formula is C21H23Cl2N5O2S. The van der Waals surface area contributed by atoms with Crippen LogP contribution in [0.15, 0.2) is 41.7 Å². The number of halogens is 2. The molecule has 1 N–H and O–H groups in total. The van der Waals surface area contributed by atoms with Crippen molar-refractivity contribution >= 4 is 46.7 Å². The molecule has 0 aliphatic carbocycles. The van der Waals surface area contributed by atoms with Gasteiger partial charge in [0.05, 0.1) is 17.4 Å². The number of amides is 1. The molecule has 0 atom stereocenters. The molecule has 10 heteroatoms. The molecule has 0 aliphatic rings. The van der Waals surface area contributed by atoms with Crippen LogP contribution < -0.4 is 10.1 Å². The topological polar surface area (TPSA) is 81.9 Å². The number of nitrogens with one attached hydrogen (secondary N) is 1. The van der Waals surface area contributed by atoms with Gasteiger partial charge in [0.2, 0.25) is 5.91 Å². The van der Waals surface area contributed by atoms with E-state index in [0.717, 1.165) is 36.5 Å². The summed E-state index contributed by atoms with van der Waals surface area (Å²) in [6.07, 6.45) is 3.02. The first-order valence-electron chi connectivity index (χ1n) is 9.81. The van der Waals surface area contributed by atoms with Crippen molar-refractivity contribution in [2.24, 2.45) is 0 Å². The fraction of sp³-hybridized carbons (Fsp3) is 0.333. The average molecular weight is 480 g/mol. The minimum atomic E-state index is -0.168. The highest BCUT2D eigenvalue weighted by Gasteiger charge is 2.13. The van der Waals surface area contributed by atoms with Gasteiger partial charge in [0.15, 0.2) is 5.16 Å². The van der Waals surface area contributed by atoms with Gasteiger partial charge in [-0.1, -0.05) is 35.0 Å². The highest BCUT2D eigenvalue weighted by molar-refractivity contribution is 7.99. The van der Waals surface area contributed by atoms with Crippen molar-refractivity contribution in [3.05, 3.63) is 58.0 Å². The van der Waals surface area contributed by atoms with Crippen LogP contribution in [0.1, 0.15) is 24.7 Å². The van der Waals surface area contributed by atoms with E-state index >= 15 is 0 Å². The number of hydrogen-bond donors (Lipinski definition) is 1. The molecule has 3 aromatic rings. The van der Waals surface area contributed by atoms with Gasteiger partial charge in [0.1, 0.15) is 17.4 Å². The Balaban J connectivity index is 1.48. The number of pyridine rings is 1. The molecular weight excluding hydrogens is 457 g/mol. The number of rotatable bonds is 10. The van der Waals surface area contributed by atoms with Crippen molar-refractivity contribution in [3.63, 3.8) is 0 Å². The van der Waals surface area contributed by atoms with E-state index in [0.29, 0.717) is 27.6 Å². The summed E-state index contributed by atoms with van der Waals surface area (Å²) in [7, 11) is 0. The molecule has 2 heterocycles. The summed E-state index contributed by atoms with van der Waals surface area (Å²) in [5, 5.41) is 13.2. The fourth-order valence-electron chi connectivity index (χ4n) is 2.87. The number of anilines is 1. The minimum absolute atomic E-state index is 0.168. The quantitative estimate of drug-likeness (QED) is 0.323. The number of ether oxygens (including phenoxy) is 1. The number of benzene rings is 1. The Morgan fingerprint density at radius 1 is 1.19 bits per heavy atom. The van der Waals surface area contributed by atoms with Crippen molar-refractivity contribution in [1.29, 1.82) is 0 Å². The number of aryl methyl sites for hydroxylation is 2. The molecule has 164 valence electrons. The van der Waals surface area contributed by atoms with Gasteiger partial charge >= 0.3 is 0 Å². The van der Waals surface area contributed by atoms with Crippen molar-refractivity contribution in [2.45, 2.75) is 38.4 Å². The number of carbonyl (C=O) groups excluding carboxylic acids is 1. The lowest BCUT2D eigenvalue weighted by Gasteiger charge is -2.10. The molecule has 0 unspecified atom stereocenters. The molecule has 1 aromatic carbocycles. The zero-order chi connectivity index (χ0) is 22.2. The number of carbonyl (C=O) groups is 1. The first kappa shape index (κ1) is 23.4. The Labute approximate surface area is 195 Å². The second kappa shape index (κ2) is 11.4. The third-order valence-electron chi connectivity index (χ3n) is 4.38. The lowest BCUT2D eigenvalue weighted by Crippen LogP contribution is -2.15. The molecule has 0 saturated carbocycles. The van der Waals surface area contributed by atoms with E-state index in [-0.39, 0.29) is 11.7 Å². The Kier molecular flexibility index (Phi) is 8.57. The van der Waals surface area contributed by atoms with E-state index in [1.165, 1.54) is 18.0 Å². The van der Waals surface area contributed by atoms with Gasteiger partial charge in [0.25, 0.3) is 0 Å². The molecule has 3 rings (SSSR count). The van der Waals surface area contributed by atoms with Crippen LogP contribution in [-0.4, -0.2) is 38.0 Å². The summed E-state index contributed by atoms with van der Waals surface area (Å²) in [5.74, 6) is 2.21. The number of hydrogen-bond acceptors (Lipinski definition) is 6. The zero-order valence-electron chi connectivity index (χ0n) is 17.3. The van der Waals surface area contributed by atoms with Crippen molar-refractivity contribution < 1.29 is 9.53 Å². The van der Waals surface area contributed by atoms with E-state index in [4.69, 9.17) is 27.9 Å². The monoisotopic (exact) mass is 479 g/mol.